The summed E-state index contributed by atoms with van der Waals surface area (Å²) >= 11 is 6.12. The van der Waals surface area contributed by atoms with E-state index in [-0.39, 0.29) is 33.1 Å². The predicted molar refractivity (Wildman–Crippen MR) is 68.9 cm³/mol. The molecule has 5 nitrogen and oxygen atoms in total. The summed E-state index contributed by atoms with van der Waals surface area (Å²) < 4.78 is 0. The maximum absolute atomic E-state index is 11.1. The van der Waals surface area contributed by atoms with E-state index in [4.69, 9.17) is 16.9 Å². The van der Waals surface area contributed by atoms with Crippen LogP contribution in [0, 0.1) is 21.4 Å². The lowest BCUT2D eigenvalue weighted by Gasteiger charge is -2.03. The van der Waals surface area contributed by atoms with Crippen molar-refractivity contribution < 1.29 is 10.0 Å². The molecule has 2 aromatic rings. The van der Waals surface area contributed by atoms with Crippen LogP contribution in [-0.4, -0.2) is 10.0 Å². The number of hydrogen-bond acceptors (Lipinski definition) is 4. The van der Waals surface area contributed by atoms with Gasteiger partial charge in [-0.1, -0.05) is 23.7 Å². The number of halogens is 1. The van der Waals surface area contributed by atoms with Gasteiger partial charge in [0.15, 0.2) is 0 Å². The molecule has 0 saturated carbocycles. The highest BCUT2D eigenvalue weighted by Crippen LogP contribution is 2.55. The maximum Gasteiger partial charge on any atom is 0.278 e. The number of benzene rings is 2. The van der Waals surface area contributed by atoms with Gasteiger partial charge < -0.3 is 5.11 Å². The van der Waals surface area contributed by atoms with Gasteiger partial charge in [0.05, 0.1) is 26.6 Å². The van der Waals surface area contributed by atoms with E-state index >= 15 is 0 Å². The molecule has 92 valence electrons. The van der Waals surface area contributed by atoms with E-state index in [1.54, 1.807) is 12.1 Å². The quantitative estimate of drug-likeness (QED) is 0.543. The van der Waals surface area contributed by atoms with Gasteiger partial charge in [-0.3, -0.25) is 10.1 Å². The second kappa shape index (κ2) is 3.70. The molecule has 0 aromatic heterocycles. The third kappa shape index (κ3) is 1.35. The standard InChI is InChI=1S/C13H5ClN2O3/c14-12-8-4-6(5-15)13(17)11(12)10-7(8)2-1-3-9(10)16(18)19/h1-4,17H. The van der Waals surface area contributed by atoms with Crippen LogP contribution in [0.2, 0.25) is 5.02 Å². The van der Waals surface area contributed by atoms with E-state index in [0.29, 0.717) is 11.1 Å². The van der Waals surface area contributed by atoms with E-state index in [1.807, 2.05) is 6.07 Å². The van der Waals surface area contributed by atoms with E-state index in [1.165, 1.54) is 12.1 Å². The smallest absolute Gasteiger partial charge is 0.278 e. The van der Waals surface area contributed by atoms with Crippen LogP contribution in [0.5, 0.6) is 5.75 Å². The van der Waals surface area contributed by atoms with Gasteiger partial charge in [-0.05, 0) is 11.6 Å². The molecule has 0 radical (unpaired) electrons. The molecule has 0 unspecified atom stereocenters. The van der Waals surface area contributed by atoms with Gasteiger partial charge in [-0.2, -0.15) is 5.26 Å². The molecular weight excluding hydrogens is 268 g/mol. The van der Waals surface area contributed by atoms with Crippen LogP contribution < -0.4 is 0 Å². The highest BCUT2D eigenvalue weighted by atomic mass is 35.5. The predicted octanol–water partition coefficient (Wildman–Crippen LogP) is 3.47. The first-order valence-corrected chi connectivity index (χ1v) is 5.67. The largest absolute Gasteiger partial charge is 0.506 e. The number of phenols is 1. The Morgan fingerprint density at radius 2 is 2.05 bits per heavy atom. The molecule has 1 N–H and O–H groups in total. The van der Waals surface area contributed by atoms with Crippen LogP contribution in [0.25, 0.3) is 22.3 Å². The Morgan fingerprint density at radius 1 is 1.32 bits per heavy atom. The number of rotatable bonds is 1. The summed E-state index contributed by atoms with van der Waals surface area (Å²) in [5.74, 6) is -0.315. The van der Waals surface area contributed by atoms with E-state index < -0.39 is 4.92 Å². The van der Waals surface area contributed by atoms with Gasteiger partial charge >= 0.3 is 0 Å². The van der Waals surface area contributed by atoms with Gasteiger partial charge in [0.2, 0.25) is 0 Å². The molecule has 19 heavy (non-hydrogen) atoms. The Bertz CT molecular complexity index is 793. The summed E-state index contributed by atoms with van der Waals surface area (Å²) in [4.78, 5) is 10.5. The van der Waals surface area contributed by atoms with Crippen molar-refractivity contribution in [3.05, 3.63) is 45.0 Å². The molecule has 0 heterocycles. The van der Waals surface area contributed by atoms with Gasteiger partial charge in [0.25, 0.3) is 5.69 Å². The third-order valence-electron chi connectivity index (χ3n) is 3.14. The second-order valence-electron chi connectivity index (χ2n) is 4.08. The molecule has 2 bridgehead atoms. The second-order valence-corrected chi connectivity index (χ2v) is 4.46. The zero-order chi connectivity index (χ0) is 13.7. The highest BCUT2D eigenvalue weighted by molar-refractivity contribution is 6.39. The number of hydrogen-bond donors (Lipinski definition) is 1. The molecule has 0 fully saturated rings. The normalized spacial score (nSPS) is 10.9. The summed E-state index contributed by atoms with van der Waals surface area (Å²) in [5.41, 5.74) is 1.44. The third-order valence-corrected chi connectivity index (χ3v) is 3.53. The van der Waals surface area contributed by atoms with Crippen molar-refractivity contribution in [1.29, 1.82) is 5.26 Å². The summed E-state index contributed by atoms with van der Waals surface area (Å²) in [5, 5.41) is 30.3. The van der Waals surface area contributed by atoms with Crippen LogP contribution >= 0.6 is 11.6 Å². The first-order valence-electron chi connectivity index (χ1n) is 5.30. The molecule has 1 aliphatic carbocycles. The van der Waals surface area contributed by atoms with Crippen molar-refractivity contribution in [3.8, 4) is 34.1 Å². The molecule has 0 amide bonds. The summed E-state index contributed by atoms with van der Waals surface area (Å²) in [6, 6.07) is 7.86. The van der Waals surface area contributed by atoms with Gasteiger partial charge in [-0.25, -0.2) is 0 Å². The Balaban J connectivity index is 2.49. The van der Waals surface area contributed by atoms with Crippen molar-refractivity contribution in [2.75, 3.05) is 0 Å². The number of fused-ring (bicyclic) bond motifs is 5. The topological polar surface area (TPSA) is 87.2 Å². The van der Waals surface area contributed by atoms with Gasteiger partial charge in [0.1, 0.15) is 11.8 Å². The van der Waals surface area contributed by atoms with Crippen molar-refractivity contribution in [2.45, 2.75) is 0 Å². The number of nitro groups is 1. The lowest BCUT2D eigenvalue weighted by atomic mass is 10.0. The summed E-state index contributed by atoms with van der Waals surface area (Å²) in [6.45, 7) is 0. The number of nitro benzene ring substituents is 1. The minimum Gasteiger partial charge on any atom is -0.506 e. The van der Waals surface area contributed by atoms with Crippen LogP contribution in [0.4, 0.5) is 5.69 Å². The van der Waals surface area contributed by atoms with Crippen molar-refractivity contribution in [2.24, 2.45) is 0 Å². The zero-order valence-electron chi connectivity index (χ0n) is 9.35. The van der Waals surface area contributed by atoms with E-state index in [9.17, 15) is 15.2 Å². The summed E-state index contributed by atoms with van der Waals surface area (Å²) in [6.07, 6.45) is 0. The fourth-order valence-corrected chi connectivity index (χ4v) is 2.68. The van der Waals surface area contributed by atoms with Crippen molar-refractivity contribution >= 4 is 17.3 Å². The number of nitriles is 1. The van der Waals surface area contributed by atoms with Crippen LogP contribution in [0.3, 0.4) is 0 Å². The first kappa shape index (κ1) is 11.5. The van der Waals surface area contributed by atoms with Crippen LogP contribution in [-0.2, 0) is 0 Å². The Labute approximate surface area is 112 Å². The fourth-order valence-electron chi connectivity index (χ4n) is 2.34. The van der Waals surface area contributed by atoms with E-state index in [2.05, 4.69) is 0 Å². The van der Waals surface area contributed by atoms with Crippen molar-refractivity contribution in [1.82, 2.24) is 0 Å². The van der Waals surface area contributed by atoms with Gasteiger partial charge in [0, 0.05) is 11.6 Å². The lowest BCUT2D eigenvalue weighted by molar-refractivity contribution is -0.384. The minimum absolute atomic E-state index is 0.0555. The summed E-state index contributed by atoms with van der Waals surface area (Å²) in [7, 11) is 0. The lowest BCUT2D eigenvalue weighted by Crippen LogP contribution is -1.91. The molecule has 2 aromatic carbocycles. The Morgan fingerprint density at radius 3 is 2.68 bits per heavy atom. The SMILES string of the molecule is N#Cc1cc2c(Cl)c(c1O)-c1c-2cccc1[N+](=O)[O-]. The monoisotopic (exact) mass is 272 g/mol. The molecule has 0 saturated heterocycles. The number of phenolic OH excluding ortho intramolecular Hbond substituents is 1. The number of nitrogens with zero attached hydrogens (tertiary/aromatic N) is 2. The molecule has 0 atom stereocenters. The molecule has 3 rings (SSSR count). The average molecular weight is 273 g/mol. The fraction of sp³-hybridized carbons (Fsp3) is 0. The maximum atomic E-state index is 11.1. The highest BCUT2D eigenvalue weighted by Gasteiger charge is 2.33. The first-order chi connectivity index (χ1) is 9.06. The van der Waals surface area contributed by atoms with Crippen LogP contribution in [0.1, 0.15) is 5.56 Å². The number of aromatic hydroxyl groups is 1. The average Bonchev–Trinajstić information content (AvgIpc) is 2.58. The zero-order valence-corrected chi connectivity index (χ0v) is 10.1. The molecule has 1 aliphatic rings. The molecule has 6 heteroatoms. The molecule has 0 spiro atoms. The Hall–Kier alpha value is -2.58. The Kier molecular flexibility index (Phi) is 2.24. The molecular formula is C13H5ClN2O3. The van der Waals surface area contributed by atoms with Crippen molar-refractivity contribution in [3.63, 3.8) is 0 Å². The van der Waals surface area contributed by atoms with Gasteiger partial charge in [-0.15, -0.1) is 0 Å². The minimum atomic E-state index is -0.531. The molecule has 0 aliphatic heterocycles. The van der Waals surface area contributed by atoms with E-state index in [0.717, 1.165) is 0 Å². The van der Waals surface area contributed by atoms with Crippen LogP contribution in [0.15, 0.2) is 24.3 Å².